The fourth-order valence-electron chi connectivity index (χ4n) is 2.22. The highest BCUT2D eigenvalue weighted by Crippen LogP contribution is 2.18. The normalized spacial score (nSPS) is 13.7. The van der Waals surface area contributed by atoms with Crippen molar-refractivity contribution in [1.82, 2.24) is 4.90 Å². The van der Waals surface area contributed by atoms with Gasteiger partial charge in [0.1, 0.15) is 11.5 Å². The molecule has 124 valence electrons. The van der Waals surface area contributed by atoms with Crippen LogP contribution in [0.25, 0.3) is 0 Å². The minimum atomic E-state index is -0.713. The fraction of sp³-hybridized carbons (Fsp3) is 0.200. The van der Waals surface area contributed by atoms with Crippen molar-refractivity contribution in [3.05, 3.63) is 57.8 Å². The maximum absolute atomic E-state index is 12.0. The van der Waals surface area contributed by atoms with E-state index in [1.54, 1.807) is 29.2 Å². The Kier molecular flexibility index (Phi) is 4.15. The molecule has 9 nitrogen and oxygen atoms in total. The average Bonchev–Trinajstić information content (AvgIpc) is 3.19. The first-order valence-corrected chi connectivity index (χ1v) is 7.09. The van der Waals surface area contributed by atoms with Crippen LogP contribution in [0.15, 0.2) is 40.8 Å². The van der Waals surface area contributed by atoms with E-state index in [0.29, 0.717) is 25.4 Å². The van der Waals surface area contributed by atoms with Crippen LogP contribution >= 0.6 is 0 Å². The van der Waals surface area contributed by atoms with Crippen LogP contribution in [0.3, 0.4) is 0 Å². The number of benzene rings is 1. The van der Waals surface area contributed by atoms with Gasteiger partial charge in [-0.25, -0.2) is 4.79 Å². The van der Waals surface area contributed by atoms with Gasteiger partial charge in [-0.2, -0.15) is 0 Å². The molecule has 1 N–H and O–H groups in total. The zero-order valence-corrected chi connectivity index (χ0v) is 12.4. The van der Waals surface area contributed by atoms with Gasteiger partial charge in [0.25, 0.3) is 5.91 Å². The first kappa shape index (κ1) is 15.5. The number of nitrogens with zero attached hydrogens (tertiary/aromatic N) is 2. The molecule has 0 aliphatic carbocycles. The van der Waals surface area contributed by atoms with Gasteiger partial charge in [-0.15, -0.1) is 0 Å². The number of ether oxygens (including phenoxy) is 1. The van der Waals surface area contributed by atoms with Gasteiger partial charge in [0.05, 0.1) is 12.6 Å². The van der Waals surface area contributed by atoms with Crippen molar-refractivity contribution in [2.45, 2.75) is 6.54 Å². The molecule has 1 aromatic heterocycles. The van der Waals surface area contributed by atoms with E-state index < -0.39 is 16.7 Å². The van der Waals surface area contributed by atoms with Crippen molar-refractivity contribution in [2.24, 2.45) is 0 Å². The van der Waals surface area contributed by atoms with Gasteiger partial charge < -0.3 is 19.4 Å². The van der Waals surface area contributed by atoms with Gasteiger partial charge in [0.15, 0.2) is 5.76 Å². The largest absolute Gasteiger partial charge is 0.448 e. The van der Waals surface area contributed by atoms with Crippen LogP contribution < -0.4 is 5.32 Å². The third-order valence-electron chi connectivity index (χ3n) is 3.43. The summed E-state index contributed by atoms with van der Waals surface area (Å²) in [6.07, 6.45) is -0.341. The molecular formula is C15H13N3O6. The van der Waals surface area contributed by atoms with E-state index in [-0.39, 0.29) is 11.9 Å². The number of hydrogen-bond acceptors (Lipinski definition) is 6. The molecule has 0 bridgehead atoms. The Morgan fingerprint density at radius 3 is 2.58 bits per heavy atom. The molecular weight excluding hydrogens is 318 g/mol. The molecule has 0 radical (unpaired) electrons. The molecule has 1 fully saturated rings. The summed E-state index contributed by atoms with van der Waals surface area (Å²) in [5, 5.41) is 13.1. The van der Waals surface area contributed by atoms with Gasteiger partial charge in [-0.3, -0.25) is 14.9 Å². The zero-order chi connectivity index (χ0) is 17.1. The highest BCUT2D eigenvalue weighted by atomic mass is 16.6. The van der Waals surface area contributed by atoms with Crippen molar-refractivity contribution < 1.29 is 23.7 Å². The van der Waals surface area contributed by atoms with Crippen molar-refractivity contribution in [3.63, 3.8) is 0 Å². The number of hydrogen-bond donors (Lipinski definition) is 1. The third kappa shape index (κ3) is 3.35. The number of carbonyl (C=O) groups is 2. The number of rotatable bonds is 5. The number of nitro groups is 1. The summed E-state index contributed by atoms with van der Waals surface area (Å²) in [6.45, 7) is 1.37. The quantitative estimate of drug-likeness (QED) is 0.664. The number of carbonyl (C=O) groups excluding carboxylic acids is 2. The summed E-state index contributed by atoms with van der Waals surface area (Å²) in [5.41, 5.74) is 1.40. The molecule has 1 aliphatic rings. The molecule has 2 amide bonds. The van der Waals surface area contributed by atoms with E-state index in [2.05, 4.69) is 5.32 Å². The zero-order valence-electron chi connectivity index (χ0n) is 12.4. The van der Waals surface area contributed by atoms with Gasteiger partial charge in [-0.05, 0) is 23.8 Å². The van der Waals surface area contributed by atoms with Crippen molar-refractivity contribution >= 4 is 23.6 Å². The molecule has 0 spiro atoms. The molecule has 0 atom stereocenters. The van der Waals surface area contributed by atoms with Crippen LogP contribution in [0.1, 0.15) is 16.1 Å². The Balaban J connectivity index is 1.61. The lowest BCUT2D eigenvalue weighted by atomic mass is 10.2. The first-order valence-electron chi connectivity index (χ1n) is 7.09. The molecule has 0 saturated carbocycles. The highest BCUT2D eigenvalue weighted by Gasteiger charge is 2.21. The molecule has 2 aromatic rings. The van der Waals surface area contributed by atoms with Crippen molar-refractivity contribution in [3.8, 4) is 0 Å². The predicted octanol–water partition coefficient (Wildman–Crippen LogP) is 2.39. The molecule has 3 rings (SSSR count). The van der Waals surface area contributed by atoms with E-state index in [1.165, 1.54) is 6.07 Å². The number of furan rings is 1. The summed E-state index contributed by atoms with van der Waals surface area (Å²) in [7, 11) is 0. The van der Waals surface area contributed by atoms with Gasteiger partial charge in [0.2, 0.25) is 0 Å². The van der Waals surface area contributed by atoms with E-state index in [9.17, 15) is 19.7 Å². The van der Waals surface area contributed by atoms with E-state index in [4.69, 9.17) is 9.15 Å². The van der Waals surface area contributed by atoms with Crippen LogP contribution in [0.5, 0.6) is 0 Å². The second-order valence-corrected chi connectivity index (χ2v) is 5.08. The van der Waals surface area contributed by atoms with E-state index in [0.717, 1.165) is 11.6 Å². The average molecular weight is 331 g/mol. The molecule has 1 saturated heterocycles. The molecule has 1 aromatic carbocycles. The summed E-state index contributed by atoms with van der Waals surface area (Å²) in [5.74, 6) is -1.22. The number of cyclic esters (lactones) is 1. The second-order valence-electron chi connectivity index (χ2n) is 5.08. The van der Waals surface area contributed by atoms with Crippen LogP contribution in [0.2, 0.25) is 0 Å². The van der Waals surface area contributed by atoms with Gasteiger partial charge in [-0.1, -0.05) is 12.1 Å². The molecule has 1 aliphatic heterocycles. The SMILES string of the molecule is O=C(Nc1ccc(CN2CCOC2=O)cc1)c1ccc([N+](=O)[O-])o1. The van der Waals surface area contributed by atoms with E-state index >= 15 is 0 Å². The molecule has 9 heteroatoms. The maximum atomic E-state index is 12.0. The minimum absolute atomic E-state index is 0.148. The smallest absolute Gasteiger partial charge is 0.433 e. The Morgan fingerprint density at radius 2 is 2.00 bits per heavy atom. The first-order chi connectivity index (χ1) is 11.5. The summed E-state index contributed by atoms with van der Waals surface area (Å²) in [4.78, 5) is 34.8. The standard InChI is InChI=1S/C15H13N3O6/c19-14(12-5-6-13(24-12)18(21)22)16-11-3-1-10(2-4-11)9-17-7-8-23-15(17)20/h1-6H,7-9H2,(H,16,19). The Hall–Kier alpha value is -3.36. The van der Waals surface area contributed by atoms with Crippen molar-refractivity contribution in [2.75, 3.05) is 18.5 Å². The third-order valence-corrected chi connectivity index (χ3v) is 3.43. The van der Waals surface area contributed by atoms with Crippen LogP contribution in [-0.2, 0) is 11.3 Å². The lowest BCUT2D eigenvalue weighted by molar-refractivity contribution is -0.402. The minimum Gasteiger partial charge on any atom is -0.448 e. The number of amides is 2. The monoisotopic (exact) mass is 331 g/mol. The fourth-order valence-corrected chi connectivity index (χ4v) is 2.22. The van der Waals surface area contributed by atoms with Crippen LogP contribution in [0.4, 0.5) is 16.4 Å². The number of anilines is 1. The van der Waals surface area contributed by atoms with Gasteiger partial charge in [0, 0.05) is 12.2 Å². The second kappa shape index (κ2) is 6.41. The van der Waals surface area contributed by atoms with Crippen molar-refractivity contribution in [1.29, 1.82) is 0 Å². The van der Waals surface area contributed by atoms with Crippen LogP contribution in [0, 0.1) is 10.1 Å². The lowest BCUT2D eigenvalue weighted by Gasteiger charge is -2.12. The van der Waals surface area contributed by atoms with Gasteiger partial charge >= 0.3 is 12.0 Å². The Morgan fingerprint density at radius 1 is 1.25 bits per heavy atom. The topological polar surface area (TPSA) is 115 Å². The molecule has 0 unspecified atom stereocenters. The summed E-state index contributed by atoms with van der Waals surface area (Å²) < 4.78 is 9.69. The predicted molar refractivity (Wildman–Crippen MR) is 81.5 cm³/mol. The highest BCUT2D eigenvalue weighted by molar-refractivity contribution is 6.02. The Bertz CT molecular complexity index is 783. The summed E-state index contributed by atoms with van der Waals surface area (Å²) >= 11 is 0. The van der Waals surface area contributed by atoms with E-state index in [1.807, 2.05) is 0 Å². The maximum Gasteiger partial charge on any atom is 0.433 e. The molecule has 2 heterocycles. The Labute approximate surface area is 136 Å². The molecule has 24 heavy (non-hydrogen) atoms. The van der Waals surface area contributed by atoms with Crippen LogP contribution in [-0.4, -0.2) is 35.0 Å². The summed E-state index contributed by atoms with van der Waals surface area (Å²) in [6, 6.07) is 9.24. The lowest BCUT2D eigenvalue weighted by Crippen LogP contribution is -2.23. The number of nitrogens with one attached hydrogen (secondary N) is 1.